The maximum absolute atomic E-state index is 13.7. The lowest BCUT2D eigenvalue weighted by molar-refractivity contribution is 0.432. The Morgan fingerprint density at radius 1 is 1.15 bits per heavy atom. The summed E-state index contributed by atoms with van der Waals surface area (Å²) in [5, 5.41) is 10.7. The van der Waals surface area contributed by atoms with E-state index >= 15 is 0 Å². The summed E-state index contributed by atoms with van der Waals surface area (Å²) in [4.78, 5) is 0. The Labute approximate surface area is 157 Å². The highest BCUT2D eigenvalue weighted by molar-refractivity contribution is 7.86. The molecule has 3 aromatic rings. The van der Waals surface area contributed by atoms with Crippen LogP contribution in [0.2, 0.25) is 5.02 Å². The largest absolute Gasteiger partial charge is 0.501 e. The summed E-state index contributed by atoms with van der Waals surface area (Å²) in [7, 11) is -4.48. The van der Waals surface area contributed by atoms with Crippen molar-refractivity contribution in [3.05, 3.63) is 64.7 Å². The molecule has 0 saturated carbocycles. The Kier molecular flexibility index (Phi) is 4.99. The van der Waals surface area contributed by atoms with Crippen molar-refractivity contribution >= 4 is 27.6 Å². The lowest BCUT2D eigenvalue weighted by Gasteiger charge is -2.07. The second kappa shape index (κ2) is 7.09. The third-order valence-electron chi connectivity index (χ3n) is 3.52. The molecule has 0 spiro atoms. The van der Waals surface area contributed by atoms with Gasteiger partial charge in [-0.1, -0.05) is 11.6 Å². The van der Waals surface area contributed by atoms with Gasteiger partial charge in [0.2, 0.25) is 17.4 Å². The molecule has 0 unspecified atom stereocenters. The Hall–Kier alpha value is -2.78. The van der Waals surface area contributed by atoms with Crippen LogP contribution < -0.4 is 9.92 Å². The van der Waals surface area contributed by atoms with Gasteiger partial charge < -0.3 is 19.4 Å². The molecule has 27 heavy (non-hydrogen) atoms. The smallest absolute Gasteiger partial charge is 0.313 e. The molecule has 6 nitrogen and oxygen atoms in total. The first-order valence-electron chi connectivity index (χ1n) is 7.39. The molecule has 0 fully saturated rings. The summed E-state index contributed by atoms with van der Waals surface area (Å²) in [6.45, 7) is 0. The molecule has 10 heteroatoms. The van der Waals surface area contributed by atoms with E-state index in [1.54, 1.807) is 0 Å². The van der Waals surface area contributed by atoms with E-state index in [-0.39, 0.29) is 5.76 Å². The normalized spacial score (nSPS) is 11.5. The zero-order valence-electron chi connectivity index (χ0n) is 13.4. The molecule has 2 aromatic carbocycles. The third kappa shape index (κ3) is 4.15. The van der Waals surface area contributed by atoms with E-state index in [0.29, 0.717) is 10.6 Å². The molecule has 0 radical (unpaired) electrons. The third-order valence-corrected chi connectivity index (χ3v) is 4.86. The van der Waals surface area contributed by atoms with Crippen LogP contribution in [0.1, 0.15) is 5.56 Å². The predicted octanol–water partition coefficient (Wildman–Crippen LogP) is 4.07. The van der Waals surface area contributed by atoms with Gasteiger partial charge in [-0.25, -0.2) is 8.78 Å². The first-order chi connectivity index (χ1) is 12.7. The van der Waals surface area contributed by atoms with Gasteiger partial charge in [0.25, 0.3) is 0 Å². The van der Waals surface area contributed by atoms with Crippen molar-refractivity contribution in [2.45, 2.75) is 5.75 Å². The van der Waals surface area contributed by atoms with Crippen LogP contribution in [-0.2, 0) is 15.9 Å². The Bertz CT molecular complexity index is 1100. The SMILES string of the molecule is Nc1oc(-c2ccc(Cl)cc2)c(O)c1OS(=O)(=O)Cc1cc(F)ccc1F. The highest BCUT2D eigenvalue weighted by Crippen LogP contribution is 2.45. The van der Waals surface area contributed by atoms with Crippen molar-refractivity contribution in [3.8, 4) is 22.8 Å². The molecule has 1 aromatic heterocycles. The number of aromatic hydroxyl groups is 1. The van der Waals surface area contributed by atoms with E-state index in [9.17, 15) is 22.3 Å². The lowest BCUT2D eigenvalue weighted by Crippen LogP contribution is -2.13. The Morgan fingerprint density at radius 3 is 2.48 bits per heavy atom. The highest BCUT2D eigenvalue weighted by atomic mass is 35.5. The van der Waals surface area contributed by atoms with Crippen LogP contribution >= 0.6 is 11.6 Å². The number of nitrogen functional groups attached to an aromatic ring is 1. The first kappa shape index (κ1) is 19.0. The van der Waals surface area contributed by atoms with Gasteiger partial charge >= 0.3 is 10.1 Å². The standard InChI is InChI=1S/C17H12ClF2NO5S/c18-11-3-1-9(2-4-11)15-14(22)16(17(21)25-15)26-27(23,24)8-10-7-12(19)5-6-13(10)20/h1-7,22H,8,21H2. The van der Waals surface area contributed by atoms with E-state index in [1.807, 2.05) is 0 Å². The fourth-order valence-corrected chi connectivity index (χ4v) is 3.50. The second-order valence-electron chi connectivity index (χ2n) is 5.50. The predicted molar refractivity (Wildman–Crippen MR) is 94.8 cm³/mol. The maximum Gasteiger partial charge on any atom is 0.313 e. The summed E-state index contributed by atoms with van der Waals surface area (Å²) in [6.07, 6.45) is 0. The van der Waals surface area contributed by atoms with E-state index in [4.69, 9.17) is 25.9 Å². The molecular weight excluding hydrogens is 404 g/mol. The molecule has 0 aliphatic rings. The zero-order chi connectivity index (χ0) is 19.8. The molecule has 0 aliphatic carbocycles. The summed E-state index contributed by atoms with van der Waals surface area (Å²) in [5.74, 6) is -4.63. The van der Waals surface area contributed by atoms with E-state index < -0.39 is 50.5 Å². The molecule has 0 atom stereocenters. The van der Waals surface area contributed by atoms with Gasteiger partial charge in [0.15, 0.2) is 5.76 Å². The van der Waals surface area contributed by atoms with E-state index in [1.165, 1.54) is 24.3 Å². The number of hydrogen-bond acceptors (Lipinski definition) is 6. The number of anilines is 1. The minimum Gasteiger partial charge on any atom is -0.501 e. The molecule has 1 heterocycles. The minimum atomic E-state index is -4.48. The first-order valence-corrected chi connectivity index (χ1v) is 9.35. The molecule has 0 saturated heterocycles. The summed E-state index contributed by atoms with van der Waals surface area (Å²) >= 11 is 5.78. The van der Waals surface area contributed by atoms with E-state index in [0.717, 1.165) is 18.2 Å². The molecule has 3 rings (SSSR count). The Morgan fingerprint density at radius 2 is 1.81 bits per heavy atom. The fourth-order valence-electron chi connectivity index (χ4n) is 2.30. The Balaban J connectivity index is 1.91. The number of furan rings is 1. The lowest BCUT2D eigenvalue weighted by atomic mass is 10.1. The maximum atomic E-state index is 13.7. The monoisotopic (exact) mass is 415 g/mol. The van der Waals surface area contributed by atoms with Crippen molar-refractivity contribution in [2.24, 2.45) is 0 Å². The number of hydrogen-bond donors (Lipinski definition) is 2. The van der Waals surface area contributed by atoms with Crippen molar-refractivity contribution in [3.63, 3.8) is 0 Å². The number of rotatable bonds is 5. The van der Waals surface area contributed by atoms with Crippen LogP contribution in [0, 0.1) is 11.6 Å². The summed E-state index contributed by atoms with van der Waals surface area (Å²) in [5.41, 5.74) is 5.52. The van der Waals surface area contributed by atoms with Gasteiger partial charge in [-0.3, -0.25) is 0 Å². The summed E-state index contributed by atoms with van der Waals surface area (Å²) < 4.78 is 61.2. The van der Waals surface area contributed by atoms with Crippen LogP contribution in [0.3, 0.4) is 0 Å². The topological polar surface area (TPSA) is 103 Å². The summed E-state index contributed by atoms with van der Waals surface area (Å²) in [6, 6.07) is 8.46. The molecule has 0 aliphatic heterocycles. The minimum absolute atomic E-state index is 0.133. The van der Waals surface area contributed by atoms with Crippen molar-refractivity contribution < 1.29 is 30.9 Å². The van der Waals surface area contributed by atoms with Gasteiger partial charge in [-0.2, -0.15) is 8.42 Å². The van der Waals surface area contributed by atoms with Gasteiger partial charge in [0, 0.05) is 16.1 Å². The van der Waals surface area contributed by atoms with Crippen LogP contribution in [0.25, 0.3) is 11.3 Å². The highest BCUT2D eigenvalue weighted by Gasteiger charge is 2.27. The van der Waals surface area contributed by atoms with Crippen LogP contribution in [0.4, 0.5) is 14.7 Å². The zero-order valence-corrected chi connectivity index (χ0v) is 15.0. The van der Waals surface area contributed by atoms with Crippen LogP contribution in [-0.4, -0.2) is 13.5 Å². The average molecular weight is 416 g/mol. The van der Waals surface area contributed by atoms with Crippen LogP contribution in [0.5, 0.6) is 11.5 Å². The second-order valence-corrected chi connectivity index (χ2v) is 7.51. The van der Waals surface area contributed by atoms with Gasteiger partial charge in [-0.05, 0) is 42.5 Å². The molecule has 142 valence electrons. The van der Waals surface area contributed by atoms with Crippen molar-refractivity contribution in [1.82, 2.24) is 0 Å². The van der Waals surface area contributed by atoms with Gasteiger partial charge in [0.1, 0.15) is 17.4 Å². The fraction of sp³-hybridized carbons (Fsp3) is 0.0588. The van der Waals surface area contributed by atoms with Crippen LogP contribution in [0.15, 0.2) is 46.9 Å². The quantitative estimate of drug-likeness (QED) is 0.609. The van der Waals surface area contributed by atoms with Gasteiger partial charge in [0.05, 0.1) is 0 Å². The number of benzene rings is 2. The van der Waals surface area contributed by atoms with Gasteiger partial charge in [-0.15, -0.1) is 0 Å². The van der Waals surface area contributed by atoms with E-state index in [2.05, 4.69) is 0 Å². The molecular formula is C17H12ClF2NO5S. The van der Waals surface area contributed by atoms with Crippen molar-refractivity contribution in [1.29, 1.82) is 0 Å². The van der Waals surface area contributed by atoms with Crippen molar-refractivity contribution in [2.75, 3.05) is 5.73 Å². The molecule has 0 amide bonds. The number of halogens is 3. The molecule has 3 N–H and O–H groups in total. The average Bonchev–Trinajstić information content (AvgIpc) is 2.86. The number of nitrogens with two attached hydrogens (primary N) is 1. The molecule has 0 bridgehead atoms.